The molecule has 1 aromatic carbocycles. The highest BCUT2D eigenvalue weighted by molar-refractivity contribution is 5.91. The first-order valence-electron chi connectivity index (χ1n) is 10.2. The molecule has 3 amide bonds. The Bertz CT molecular complexity index is 1020. The first-order valence-corrected chi connectivity index (χ1v) is 10.2. The van der Waals surface area contributed by atoms with Crippen molar-refractivity contribution in [1.82, 2.24) is 30.1 Å². The summed E-state index contributed by atoms with van der Waals surface area (Å²) in [5.41, 5.74) is 1.90. The molecule has 1 aliphatic heterocycles. The van der Waals surface area contributed by atoms with Crippen molar-refractivity contribution in [1.29, 1.82) is 0 Å². The maximum atomic E-state index is 12.7. The summed E-state index contributed by atoms with van der Waals surface area (Å²) in [5.74, 6) is 0.826. The second-order valence-electron chi connectivity index (χ2n) is 7.68. The molecule has 31 heavy (non-hydrogen) atoms. The number of rotatable bonds is 5. The van der Waals surface area contributed by atoms with Crippen LogP contribution in [-0.2, 0) is 4.79 Å². The molecule has 1 atom stereocenters. The number of hydrogen-bond acceptors (Lipinski definition) is 6. The van der Waals surface area contributed by atoms with Crippen LogP contribution in [0.2, 0.25) is 0 Å². The van der Waals surface area contributed by atoms with Gasteiger partial charge in [0.15, 0.2) is 5.82 Å². The van der Waals surface area contributed by atoms with E-state index in [1.54, 1.807) is 28.9 Å². The number of likely N-dealkylation sites (tertiary alicyclic amines) is 1. The average Bonchev–Trinajstić information content (AvgIpc) is 3.46. The Balaban J connectivity index is 1.26. The Kier molecular flexibility index (Phi) is 5.96. The molecular formula is C21H25N7O3. The molecule has 0 saturated carbocycles. The third-order valence-electron chi connectivity index (χ3n) is 5.45. The molecular weight excluding hydrogens is 398 g/mol. The number of benzene rings is 1. The minimum Gasteiger partial charge on any atom is -0.360 e. The lowest BCUT2D eigenvalue weighted by Gasteiger charge is -2.32. The number of amides is 3. The monoisotopic (exact) mass is 423 g/mol. The van der Waals surface area contributed by atoms with Gasteiger partial charge < -0.3 is 20.1 Å². The molecule has 1 unspecified atom stereocenters. The van der Waals surface area contributed by atoms with Crippen LogP contribution in [0.25, 0.3) is 5.69 Å². The highest BCUT2D eigenvalue weighted by Crippen LogP contribution is 2.21. The Hall–Kier alpha value is -3.69. The number of urea groups is 1. The lowest BCUT2D eigenvalue weighted by Crippen LogP contribution is -2.46. The molecule has 1 saturated heterocycles. The van der Waals surface area contributed by atoms with Crippen LogP contribution in [-0.4, -0.2) is 49.8 Å². The second kappa shape index (κ2) is 8.99. The van der Waals surface area contributed by atoms with Crippen LogP contribution < -0.4 is 10.6 Å². The second-order valence-corrected chi connectivity index (χ2v) is 7.68. The molecule has 2 N–H and O–H groups in total. The minimum absolute atomic E-state index is 0.0887. The molecule has 2 aromatic heterocycles. The van der Waals surface area contributed by atoms with Gasteiger partial charge in [-0.15, -0.1) is 0 Å². The van der Waals surface area contributed by atoms with Crippen LogP contribution in [0, 0.1) is 12.8 Å². The quantitative estimate of drug-likeness (QED) is 0.651. The zero-order valence-electron chi connectivity index (χ0n) is 17.5. The third-order valence-corrected chi connectivity index (χ3v) is 5.45. The number of carbonyl (C=O) groups is 2. The SMILES string of the molecule is Cc1cc(NC(=O)C2CCN(C(=O)NC(C)c3ccc(-n4cncn4)cc3)CC2)no1. The Morgan fingerprint density at radius 1 is 1.19 bits per heavy atom. The van der Waals surface area contributed by atoms with E-state index in [4.69, 9.17) is 4.52 Å². The summed E-state index contributed by atoms with van der Waals surface area (Å²) in [4.78, 5) is 30.8. The first-order chi connectivity index (χ1) is 15.0. The van der Waals surface area contributed by atoms with Crippen molar-refractivity contribution in [3.05, 3.63) is 54.3 Å². The largest absolute Gasteiger partial charge is 0.360 e. The van der Waals surface area contributed by atoms with Crippen LogP contribution in [0.1, 0.15) is 37.1 Å². The van der Waals surface area contributed by atoms with Crippen LogP contribution in [0.15, 0.2) is 47.5 Å². The zero-order valence-corrected chi connectivity index (χ0v) is 17.5. The van der Waals surface area contributed by atoms with Gasteiger partial charge in [-0.05, 0) is 44.4 Å². The molecule has 4 rings (SSSR count). The van der Waals surface area contributed by atoms with E-state index in [1.165, 1.54) is 6.33 Å². The third kappa shape index (κ3) is 4.90. The van der Waals surface area contributed by atoms with E-state index in [9.17, 15) is 9.59 Å². The van der Waals surface area contributed by atoms with E-state index in [0.717, 1.165) is 11.3 Å². The van der Waals surface area contributed by atoms with Crippen molar-refractivity contribution in [2.24, 2.45) is 5.92 Å². The van der Waals surface area contributed by atoms with E-state index in [-0.39, 0.29) is 23.9 Å². The van der Waals surface area contributed by atoms with Gasteiger partial charge in [0.25, 0.3) is 0 Å². The number of aryl methyl sites for hydroxylation is 1. The molecule has 0 radical (unpaired) electrons. The number of nitrogens with zero attached hydrogens (tertiary/aromatic N) is 5. The highest BCUT2D eigenvalue weighted by atomic mass is 16.5. The molecule has 10 heteroatoms. The summed E-state index contributed by atoms with van der Waals surface area (Å²) in [7, 11) is 0. The number of anilines is 1. The molecule has 162 valence electrons. The fourth-order valence-electron chi connectivity index (χ4n) is 3.62. The highest BCUT2D eigenvalue weighted by Gasteiger charge is 2.28. The number of hydrogen-bond donors (Lipinski definition) is 2. The van der Waals surface area contributed by atoms with E-state index >= 15 is 0 Å². The average molecular weight is 423 g/mol. The van der Waals surface area contributed by atoms with Gasteiger partial charge in [-0.2, -0.15) is 5.10 Å². The molecule has 1 fully saturated rings. The van der Waals surface area contributed by atoms with Gasteiger partial charge in [-0.3, -0.25) is 4.79 Å². The van der Waals surface area contributed by atoms with Crippen LogP contribution >= 0.6 is 0 Å². The summed E-state index contributed by atoms with van der Waals surface area (Å²) in [6.07, 6.45) is 4.34. The molecule has 3 aromatic rings. The Labute approximate surface area is 179 Å². The van der Waals surface area contributed by atoms with Gasteiger partial charge in [-0.25, -0.2) is 14.5 Å². The summed E-state index contributed by atoms with van der Waals surface area (Å²) in [6, 6.07) is 9.21. The van der Waals surface area contributed by atoms with E-state index in [2.05, 4.69) is 25.9 Å². The maximum absolute atomic E-state index is 12.7. The number of aromatic nitrogens is 4. The van der Waals surface area contributed by atoms with Crippen LogP contribution in [0.5, 0.6) is 0 Å². The van der Waals surface area contributed by atoms with Crippen molar-refractivity contribution in [3.8, 4) is 5.69 Å². The number of nitrogens with one attached hydrogen (secondary N) is 2. The summed E-state index contributed by atoms with van der Waals surface area (Å²) < 4.78 is 6.64. The normalized spacial score (nSPS) is 15.5. The minimum atomic E-state index is -0.150. The lowest BCUT2D eigenvalue weighted by atomic mass is 9.96. The molecule has 1 aliphatic rings. The summed E-state index contributed by atoms with van der Waals surface area (Å²) in [5, 5.41) is 13.7. The maximum Gasteiger partial charge on any atom is 0.317 e. The molecule has 0 aliphatic carbocycles. The van der Waals surface area contributed by atoms with Crippen LogP contribution in [0.3, 0.4) is 0 Å². The standard InChI is InChI=1S/C21H25N7O3/c1-14-11-19(26-31-14)25-20(29)17-7-9-27(10-8-17)21(30)24-15(2)16-3-5-18(6-4-16)28-13-22-12-23-28/h3-6,11-13,15,17H,7-10H2,1-2H3,(H,24,30)(H,25,26,29). The topological polar surface area (TPSA) is 118 Å². The van der Waals surface area contributed by atoms with E-state index < -0.39 is 0 Å². The lowest BCUT2D eigenvalue weighted by molar-refractivity contribution is -0.121. The first kappa shape index (κ1) is 20.6. The zero-order chi connectivity index (χ0) is 21.8. The Morgan fingerprint density at radius 2 is 1.94 bits per heavy atom. The van der Waals surface area contributed by atoms with Gasteiger partial charge in [-0.1, -0.05) is 17.3 Å². The van der Waals surface area contributed by atoms with Crippen molar-refractivity contribution >= 4 is 17.8 Å². The van der Waals surface area contributed by atoms with Gasteiger partial charge in [0.1, 0.15) is 18.4 Å². The van der Waals surface area contributed by atoms with Crippen molar-refractivity contribution in [2.45, 2.75) is 32.7 Å². The predicted octanol–water partition coefficient (Wildman–Crippen LogP) is 2.69. The van der Waals surface area contributed by atoms with Gasteiger partial charge >= 0.3 is 6.03 Å². The van der Waals surface area contributed by atoms with Gasteiger partial charge in [0, 0.05) is 25.1 Å². The summed E-state index contributed by atoms with van der Waals surface area (Å²) >= 11 is 0. The van der Waals surface area contributed by atoms with Gasteiger partial charge in [0.05, 0.1) is 11.7 Å². The fourth-order valence-corrected chi connectivity index (χ4v) is 3.62. The molecule has 10 nitrogen and oxygen atoms in total. The fraction of sp³-hybridized carbons (Fsp3) is 0.381. The van der Waals surface area contributed by atoms with Crippen molar-refractivity contribution < 1.29 is 14.1 Å². The summed E-state index contributed by atoms with van der Waals surface area (Å²) in [6.45, 7) is 4.77. The van der Waals surface area contributed by atoms with Crippen molar-refractivity contribution in [2.75, 3.05) is 18.4 Å². The van der Waals surface area contributed by atoms with Crippen molar-refractivity contribution in [3.63, 3.8) is 0 Å². The van der Waals surface area contributed by atoms with Crippen LogP contribution in [0.4, 0.5) is 10.6 Å². The molecule has 0 spiro atoms. The van der Waals surface area contributed by atoms with E-state index in [0.29, 0.717) is 37.5 Å². The number of piperidine rings is 1. The number of carbonyl (C=O) groups excluding carboxylic acids is 2. The Morgan fingerprint density at radius 3 is 2.55 bits per heavy atom. The predicted molar refractivity (Wildman–Crippen MR) is 112 cm³/mol. The van der Waals surface area contributed by atoms with E-state index in [1.807, 2.05) is 31.2 Å². The van der Waals surface area contributed by atoms with Gasteiger partial charge in [0.2, 0.25) is 5.91 Å². The molecule has 3 heterocycles. The smallest absolute Gasteiger partial charge is 0.317 e. The molecule has 0 bridgehead atoms.